The van der Waals surface area contributed by atoms with Crippen LogP contribution < -0.4 is 5.32 Å². The van der Waals surface area contributed by atoms with Crippen LogP contribution in [0.2, 0.25) is 0 Å². The minimum absolute atomic E-state index is 0.0142. The minimum atomic E-state index is -0.831. The van der Waals surface area contributed by atoms with Crippen molar-refractivity contribution in [2.45, 2.75) is 33.6 Å². The highest BCUT2D eigenvalue weighted by Crippen LogP contribution is 2.19. The molecule has 0 aromatic heterocycles. The molecule has 1 amide bonds. The molecule has 0 atom stereocenters. The summed E-state index contributed by atoms with van der Waals surface area (Å²) in [5.74, 6) is 0.594. The zero-order chi connectivity index (χ0) is 12.6. The van der Waals surface area contributed by atoms with E-state index in [2.05, 4.69) is 12.2 Å². The van der Waals surface area contributed by atoms with Crippen molar-refractivity contribution >= 4 is 23.6 Å². The number of aliphatic carboxylic acids is 1. The van der Waals surface area contributed by atoms with Gasteiger partial charge in [-0.25, -0.2) is 0 Å². The van der Waals surface area contributed by atoms with E-state index in [-0.39, 0.29) is 5.91 Å². The Bertz CT molecular complexity index is 241. The summed E-state index contributed by atoms with van der Waals surface area (Å²) in [7, 11) is 0. The molecule has 0 aliphatic heterocycles. The zero-order valence-electron chi connectivity index (χ0n) is 10.2. The van der Waals surface area contributed by atoms with Gasteiger partial charge in [-0.3, -0.25) is 9.59 Å². The summed E-state index contributed by atoms with van der Waals surface area (Å²) in [5, 5.41) is 11.6. The van der Waals surface area contributed by atoms with Crippen LogP contribution in [0.1, 0.15) is 33.6 Å². The first kappa shape index (κ1) is 15.3. The molecule has 0 rings (SSSR count). The van der Waals surface area contributed by atoms with Crippen molar-refractivity contribution in [2.24, 2.45) is 5.41 Å². The number of hydrogen-bond acceptors (Lipinski definition) is 3. The normalized spacial score (nSPS) is 11.2. The van der Waals surface area contributed by atoms with Gasteiger partial charge >= 0.3 is 5.97 Å². The molecule has 0 aromatic carbocycles. The topological polar surface area (TPSA) is 66.4 Å². The molecule has 0 unspecified atom stereocenters. The lowest BCUT2D eigenvalue weighted by molar-refractivity contribution is -0.147. The summed E-state index contributed by atoms with van der Waals surface area (Å²) < 4.78 is 0. The molecule has 0 aromatic rings. The van der Waals surface area contributed by atoms with Crippen LogP contribution in [-0.4, -0.2) is 35.0 Å². The van der Waals surface area contributed by atoms with Crippen molar-refractivity contribution < 1.29 is 14.7 Å². The Hall–Kier alpha value is -0.710. The molecular weight excluding hydrogens is 226 g/mol. The highest BCUT2D eigenvalue weighted by Gasteiger charge is 2.26. The van der Waals surface area contributed by atoms with Crippen molar-refractivity contribution in [3.8, 4) is 0 Å². The van der Waals surface area contributed by atoms with Crippen molar-refractivity contribution in [1.29, 1.82) is 0 Å². The summed E-state index contributed by atoms with van der Waals surface area (Å²) >= 11 is 1.60. The lowest BCUT2D eigenvalue weighted by Crippen LogP contribution is -2.32. The first-order valence-electron chi connectivity index (χ1n) is 5.48. The molecule has 0 saturated heterocycles. The molecule has 5 heteroatoms. The van der Waals surface area contributed by atoms with Crippen LogP contribution in [0.5, 0.6) is 0 Å². The maximum Gasteiger partial charge on any atom is 0.309 e. The summed E-state index contributed by atoms with van der Waals surface area (Å²) in [6.45, 7) is 5.81. The number of nitrogens with one attached hydrogen (secondary N) is 1. The van der Waals surface area contributed by atoms with E-state index in [4.69, 9.17) is 5.11 Å². The van der Waals surface area contributed by atoms with Gasteiger partial charge in [-0.15, -0.1) is 0 Å². The number of rotatable bonds is 8. The molecule has 0 aliphatic rings. The average molecular weight is 247 g/mol. The molecule has 0 aliphatic carbocycles. The molecule has 0 radical (unpaired) electrons. The number of thioether (sulfide) groups is 1. The third-order valence-electron chi connectivity index (χ3n) is 2.23. The fourth-order valence-corrected chi connectivity index (χ4v) is 1.70. The Balaban J connectivity index is 3.65. The first-order valence-corrected chi connectivity index (χ1v) is 6.63. The van der Waals surface area contributed by atoms with Gasteiger partial charge in [0.15, 0.2) is 0 Å². The highest BCUT2D eigenvalue weighted by atomic mass is 32.2. The van der Waals surface area contributed by atoms with Gasteiger partial charge in [0, 0.05) is 6.54 Å². The summed E-state index contributed by atoms with van der Waals surface area (Å²) in [5.41, 5.74) is -0.774. The first-order chi connectivity index (χ1) is 7.40. The quantitative estimate of drug-likeness (QED) is 0.641. The van der Waals surface area contributed by atoms with Gasteiger partial charge in [-0.05, 0) is 32.4 Å². The number of carbonyl (C=O) groups excluding carboxylic acids is 1. The van der Waals surface area contributed by atoms with Gasteiger partial charge in [0.05, 0.1) is 11.2 Å². The lowest BCUT2D eigenvalue weighted by Gasteiger charge is -2.18. The Morgan fingerprint density at radius 2 is 2.00 bits per heavy atom. The van der Waals surface area contributed by atoms with Gasteiger partial charge < -0.3 is 10.4 Å². The van der Waals surface area contributed by atoms with Gasteiger partial charge in [0.25, 0.3) is 0 Å². The van der Waals surface area contributed by atoms with Crippen LogP contribution >= 0.6 is 11.8 Å². The number of carbonyl (C=O) groups is 2. The Kier molecular flexibility index (Phi) is 7.21. The second-order valence-electron chi connectivity index (χ2n) is 4.34. The number of carboxylic acids is 1. The van der Waals surface area contributed by atoms with Gasteiger partial charge in [0.2, 0.25) is 5.91 Å². The standard InChI is InChI=1S/C11H21NO3S/c1-4-7-16-8-9(13)12-6-5-11(2,3)10(14)15/h4-8H2,1-3H3,(H,12,13)(H,14,15). The van der Waals surface area contributed by atoms with E-state index in [0.29, 0.717) is 18.7 Å². The maximum absolute atomic E-state index is 11.3. The monoisotopic (exact) mass is 247 g/mol. The Labute approximate surface area is 101 Å². The van der Waals surface area contributed by atoms with E-state index >= 15 is 0 Å². The second kappa shape index (κ2) is 7.54. The Morgan fingerprint density at radius 1 is 1.38 bits per heavy atom. The molecule has 94 valence electrons. The molecule has 0 spiro atoms. The van der Waals surface area contributed by atoms with Crippen LogP contribution in [0.25, 0.3) is 0 Å². The van der Waals surface area contributed by atoms with Crippen molar-refractivity contribution in [1.82, 2.24) is 5.32 Å². The van der Waals surface area contributed by atoms with Crippen molar-refractivity contribution in [3.63, 3.8) is 0 Å². The van der Waals surface area contributed by atoms with E-state index in [0.717, 1.165) is 12.2 Å². The number of hydrogen-bond donors (Lipinski definition) is 2. The molecular formula is C11H21NO3S. The van der Waals surface area contributed by atoms with Crippen LogP contribution in [0.3, 0.4) is 0 Å². The van der Waals surface area contributed by atoms with Gasteiger partial charge in [-0.2, -0.15) is 11.8 Å². The average Bonchev–Trinajstić information content (AvgIpc) is 2.17. The molecule has 0 fully saturated rings. The molecule has 0 saturated carbocycles. The summed E-state index contributed by atoms with van der Waals surface area (Å²) in [4.78, 5) is 22.1. The summed E-state index contributed by atoms with van der Waals surface area (Å²) in [6, 6.07) is 0. The molecule has 0 bridgehead atoms. The minimum Gasteiger partial charge on any atom is -0.481 e. The second-order valence-corrected chi connectivity index (χ2v) is 5.45. The zero-order valence-corrected chi connectivity index (χ0v) is 11.0. The van der Waals surface area contributed by atoms with Crippen molar-refractivity contribution in [3.05, 3.63) is 0 Å². The predicted molar refractivity (Wildman–Crippen MR) is 66.7 cm³/mol. The van der Waals surface area contributed by atoms with Gasteiger partial charge in [0.1, 0.15) is 0 Å². The SMILES string of the molecule is CCCSCC(=O)NCCC(C)(C)C(=O)O. The largest absolute Gasteiger partial charge is 0.481 e. The maximum atomic E-state index is 11.3. The third-order valence-corrected chi connectivity index (χ3v) is 3.40. The predicted octanol–water partition coefficient (Wildman–Crippen LogP) is 1.75. The molecule has 16 heavy (non-hydrogen) atoms. The highest BCUT2D eigenvalue weighted by molar-refractivity contribution is 7.99. The molecule has 2 N–H and O–H groups in total. The van der Waals surface area contributed by atoms with E-state index < -0.39 is 11.4 Å². The molecule has 4 nitrogen and oxygen atoms in total. The van der Waals surface area contributed by atoms with Crippen LogP contribution in [-0.2, 0) is 9.59 Å². The van der Waals surface area contributed by atoms with E-state index in [9.17, 15) is 9.59 Å². The van der Waals surface area contributed by atoms with Gasteiger partial charge in [-0.1, -0.05) is 6.92 Å². The lowest BCUT2D eigenvalue weighted by atomic mass is 9.90. The van der Waals surface area contributed by atoms with Crippen LogP contribution in [0, 0.1) is 5.41 Å². The van der Waals surface area contributed by atoms with Crippen LogP contribution in [0.4, 0.5) is 0 Å². The molecule has 0 heterocycles. The fraction of sp³-hybridized carbons (Fsp3) is 0.818. The fourth-order valence-electron chi connectivity index (χ4n) is 0.982. The van der Waals surface area contributed by atoms with E-state index in [1.807, 2.05) is 0 Å². The summed E-state index contributed by atoms with van der Waals surface area (Å²) in [6.07, 6.45) is 1.51. The third kappa shape index (κ3) is 6.71. The van der Waals surface area contributed by atoms with Crippen LogP contribution in [0.15, 0.2) is 0 Å². The smallest absolute Gasteiger partial charge is 0.309 e. The Morgan fingerprint density at radius 3 is 2.50 bits per heavy atom. The number of carboxylic acid groups (broad SMARTS) is 1. The number of amides is 1. The van der Waals surface area contributed by atoms with Crippen molar-refractivity contribution in [2.75, 3.05) is 18.1 Å². The van der Waals surface area contributed by atoms with E-state index in [1.54, 1.807) is 25.6 Å². The van der Waals surface area contributed by atoms with E-state index in [1.165, 1.54) is 0 Å².